The van der Waals surface area contributed by atoms with Crippen molar-refractivity contribution in [2.75, 3.05) is 33.1 Å². The minimum atomic E-state index is -3.63. The van der Waals surface area contributed by atoms with Crippen LogP contribution in [0, 0.1) is 0 Å². The van der Waals surface area contributed by atoms with Crippen LogP contribution < -0.4 is 14.2 Å². The van der Waals surface area contributed by atoms with Gasteiger partial charge in [-0.15, -0.1) is 0 Å². The van der Waals surface area contributed by atoms with Crippen LogP contribution in [0.25, 0.3) is 10.8 Å². The Labute approximate surface area is 187 Å². The normalized spacial score (nSPS) is 13.1. The van der Waals surface area contributed by atoms with Crippen molar-refractivity contribution in [3.05, 3.63) is 60.2 Å². The fourth-order valence-electron chi connectivity index (χ4n) is 3.61. The Kier molecular flexibility index (Phi) is 6.23. The first-order chi connectivity index (χ1) is 15.4. The molecule has 32 heavy (non-hydrogen) atoms. The van der Waals surface area contributed by atoms with Gasteiger partial charge in [-0.1, -0.05) is 18.2 Å². The lowest BCUT2D eigenvalue weighted by Crippen LogP contribution is -2.28. The first-order valence-corrected chi connectivity index (χ1v) is 11.9. The zero-order valence-electron chi connectivity index (χ0n) is 18.0. The van der Waals surface area contributed by atoms with E-state index in [1.807, 2.05) is 36.4 Å². The lowest BCUT2D eigenvalue weighted by molar-refractivity contribution is -0.130. The van der Waals surface area contributed by atoms with Crippen molar-refractivity contribution in [3.63, 3.8) is 0 Å². The Morgan fingerprint density at radius 3 is 2.47 bits per heavy atom. The summed E-state index contributed by atoms with van der Waals surface area (Å²) >= 11 is 0. The molecule has 0 saturated carbocycles. The highest BCUT2D eigenvalue weighted by atomic mass is 32.2. The maximum atomic E-state index is 12.7. The summed E-state index contributed by atoms with van der Waals surface area (Å²) in [5.41, 5.74) is 0.966. The summed E-state index contributed by atoms with van der Waals surface area (Å²) in [5, 5.41) is 2.10. The van der Waals surface area contributed by atoms with Gasteiger partial charge in [-0.3, -0.25) is 4.79 Å². The Bertz CT molecular complexity index is 1250. The van der Waals surface area contributed by atoms with Crippen molar-refractivity contribution < 1.29 is 27.4 Å². The fourth-order valence-corrected chi connectivity index (χ4v) is 4.85. The third-order valence-corrected chi connectivity index (χ3v) is 7.13. The highest BCUT2D eigenvalue weighted by Gasteiger charge is 2.21. The molecule has 8 heteroatoms. The average Bonchev–Trinajstić information content (AvgIpc) is 2.81. The predicted octanol–water partition coefficient (Wildman–Crippen LogP) is 3.44. The number of hydrogen-bond donors (Lipinski definition) is 0. The van der Waals surface area contributed by atoms with Gasteiger partial charge in [0.25, 0.3) is 0 Å². The summed E-state index contributed by atoms with van der Waals surface area (Å²) in [7, 11) is -0.319. The standard InChI is InChI=1S/C24H25NO6S/c1-25(16-17-3-4-19-14-20(29-2)6-5-18(19)13-17)24(26)9-12-32(27,28)21-7-8-22-23(15-21)31-11-10-30-22/h3-8,13-15H,9-12,16H2,1-2H3. The molecule has 0 unspecified atom stereocenters. The summed E-state index contributed by atoms with van der Waals surface area (Å²) < 4.78 is 41.6. The van der Waals surface area contributed by atoms with Crippen LogP contribution in [0.15, 0.2) is 59.5 Å². The van der Waals surface area contributed by atoms with E-state index in [0.29, 0.717) is 31.3 Å². The second-order valence-corrected chi connectivity index (χ2v) is 9.78. The second-order valence-electron chi connectivity index (χ2n) is 7.67. The van der Waals surface area contributed by atoms with Crippen LogP contribution in [0.3, 0.4) is 0 Å². The highest BCUT2D eigenvalue weighted by molar-refractivity contribution is 7.91. The van der Waals surface area contributed by atoms with E-state index in [2.05, 4.69) is 0 Å². The minimum Gasteiger partial charge on any atom is -0.497 e. The molecule has 7 nitrogen and oxygen atoms in total. The number of methoxy groups -OCH3 is 1. The molecule has 0 atom stereocenters. The second kappa shape index (κ2) is 9.08. The van der Waals surface area contributed by atoms with Crippen LogP contribution in [0.4, 0.5) is 0 Å². The Morgan fingerprint density at radius 2 is 1.69 bits per heavy atom. The maximum Gasteiger partial charge on any atom is 0.223 e. The monoisotopic (exact) mass is 455 g/mol. The number of ether oxygens (including phenoxy) is 3. The molecule has 0 radical (unpaired) electrons. The number of sulfone groups is 1. The van der Waals surface area contributed by atoms with Crippen molar-refractivity contribution >= 4 is 26.5 Å². The van der Waals surface area contributed by atoms with Gasteiger partial charge in [0.15, 0.2) is 21.3 Å². The van der Waals surface area contributed by atoms with E-state index in [1.54, 1.807) is 25.1 Å². The molecule has 1 heterocycles. The molecular formula is C24H25NO6S. The van der Waals surface area contributed by atoms with Crippen LogP contribution >= 0.6 is 0 Å². The van der Waals surface area contributed by atoms with E-state index in [0.717, 1.165) is 22.1 Å². The Morgan fingerprint density at radius 1 is 0.969 bits per heavy atom. The van der Waals surface area contributed by atoms with Gasteiger partial charge in [-0.25, -0.2) is 8.42 Å². The number of amides is 1. The quantitative estimate of drug-likeness (QED) is 0.543. The van der Waals surface area contributed by atoms with Crippen LogP contribution in [0.5, 0.6) is 17.2 Å². The van der Waals surface area contributed by atoms with Crippen LogP contribution in [0.2, 0.25) is 0 Å². The maximum absolute atomic E-state index is 12.7. The highest BCUT2D eigenvalue weighted by Crippen LogP contribution is 2.32. The van der Waals surface area contributed by atoms with Gasteiger partial charge in [0, 0.05) is 26.1 Å². The van der Waals surface area contributed by atoms with Gasteiger partial charge >= 0.3 is 0 Å². The zero-order valence-corrected chi connectivity index (χ0v) is 18.9. The van der Waals surface area contributed by atoms with Gasteiger partial charge in [-0.2, -0.15) is 0 Å². The van der Waals surface area contributed by atoms with E-state index >= 15 is 0 Å². The van der Waals surface area contributed by atoms with Crippen molar-refractivity contribution in [1.82, 2.24) is 4.90 Å². The lowest BCUT2D eigenvalue weighted by atomic mass is 10.1. The first-order valence-electron chi connectivity index (χ1n) is 10.3. The van der Waals surface area contributed by atoms with Crippen LogP contribution in [-0.4, -0.2) is 52.3 Å². The fraction of sp³-hybridized carbons (Fsp3) is 0.292. The van der Waals surface area contributed by atoms with Crippen LogP contribution in [-0.2, 0) is 21.2 Å². The molecule has 3 aromatic rings. The first kappa shape index (κ1) is 22.0. The molecule has 1 aliphatic heterocycles. The molecule has 1 aliphatic rings. The van der Waals surface area contributed by atoms with E-state index in [1.165, 1.54) is 12.1 Å². The summed E-state index contributed by atoms with van der Waals surface area (Å²) in [5.74, 6) is 1.22. The Hall–Kier alpha value is -3.26. The molecule has 0 spiro atoms. The predicted molar refractivity (Wildman–Crippen MR) is 121 cm³/mol. The van der Waals surface area contributed by atoms with Gasteiger partial charge in [0.05, 0.1) is 17.8 Å². The molecule has 0 bridgehead atoms. The summed E-state index contributed by atoms with van der Waals surface area (Å²) in [4.78, 5) is 14.3. The largest absolute Gasteiger partial charge is 0.497 e. The van der Waals surface area contributed by atoms with Gasteiger partial charge < -0.3 is 19.1 Å². The van der Waals surface area contributed by atoms with Gasteiger partial charge in [0.1, 0.15) is 19.0 Å². The Balaban J connectivity index is 1.38. The van der Waals surface area contributed by atoms with Crippen molar-refractivity contribution in [2.45, 2.75) is 17.9 Å². The summed E-state index contributed by atoms with van der Waals surface area (Å²) in [6.07, 6.45) is -0.0992. The van der Waals surface area contributed by atoms with Crippen molar-refractivity contribution in [2.24, 2.45) is 0 Å². The SMILES string of the molecule is COc1ccc2cc(CN(C)C(=O)CCS(=O)(=O)c3ccc4c(c3)OCCO4)ccc2c1. The lowest BCUT2D eigenvalue weighted by Gasteiger charge is -2.19. The summed E-state index contributed by atoms with van der Waals surface area (Å²) in [6, 6.07) is 16.3. The number of carbonyl (C=O) groups excluding carboxylic acids is 1. The number of benzene rings is 3. The van der Waals surface area contributed by atoms with E-state index in [-0.39, 0.29) is 23.0 Å². The smallest absolute Gasteiger partial charge is 0.223 e. The zero-order chi connectivity index (χ0) is 22.7. The molecule has 0 saturated heterocycles. The van der Waals surface area contributed by atoms with E-state index in [4.69, 9.17) is 14.2 Å². The average molecular weight is 456 g/mol. The third-order valence-electron chi connectivity index (χ3n) is 5.41. The minimum absolute atomic E-state index is 0.0992. The van der Waals surface area contributed by atoms with Crippen molar-refractivity contribution in [3.8, 4) is 17.2 Å². The topological polar surface area (TPSA) is 82.1 Å². The van der Waals surface area contributed by atoms with Gasteiger partial charge in [0.2, 0.25) is 5.91 Å². The number of rotatable bonds is 7. The number of hydrogen-bond acceptors (Lipinski definition) is 6. The molecule has 0 aromatic heterocycles. The molecule has 3 aromatic carbocycles. The van der Waals surface area contributed by atoms with E-state index < -0.39 is 9.84 Å². The number of carbonyl (C=O) groups is 1. The molecule has 0 N–H and O–H groups in total. The molecule has 1 amide bonds. The van der Waals surface area contributed by atoms with Crippen molar-refractivity contribution in [1.29, 1.82) is 0 Å². The number of fused-ring (bicyclic) bond motifs is 2. The molecular weight excluding hydrogens is 430 g/mol. The molecule has 168 valence electrons. The number of nitrogens with zero attached hydrogens (tertiary/aromatic N) is 1. The van der Waals surface area contributed by atoms with Crippen LogP contribution in [0.1, 0.15) is 12.0 Å². The van der Waals surface area contributed by atoms with E-state index in [9.17, 15) is 13.2 Å². The third kappa shape index (κ3) is 4.80. The van der Waals surface area contributed by atoms with Gasteiger partial charge in [-0.05, 0) is 46.7 Å². The molecule has 0 aliphatic carbocycles. The summed E-state index contributed by atoms with van der Waals surface area (Å²) in [6.45, 7) is 1.21. The molecule has 4 rings (SSSR count). The molecule has 0 fully saturated rings.